The van der Waals surface area contributed by atoms with Crippen LogP contribution in [0.4, 0.5) is 4.39 Å². The summed E-state index contributed by atoms with van der Waals surface area (Å²) in [4.78, 5) is 20.3. The highest BCUT2D eigenvalue weighted by Crippen LogP contribution is 2.35. The lowest BCUT2D eigenvalue weighted by Crippen LogP contribution is -2.05. The third-order valence-corrected chi connectivity index (χ3v) is 5.05. The van der Waals surface area contributed by atoms with Crippen molar-refractivity contribution in [2.24, 2.45) is 0 Å². The van der Waals surface area contributed by atoms with E-state index >= 15 is 0 Å². The first-order chi connectivity index (χ1) is 15.7. The van der Waals surface area contributed by atoms with Crippen LogP contribution < -0.4 is 0 Å². The molecular weight excluding hydrogens is 407 g/mol. The van der Waals surface area contributed by atoms with E-state index < -0.39 is 5.97 Å². The Labute approximate surface area is 183 Å². The highest BCUT2D eigenvalue weighted by molar-refractivity contribution is 5.92. The topological polar surface area (TPSA) is 69.4 Å². The standard InChI is InChI=1S/C25H17FN4O2/c26-21-5-3-19(4-6-21)24-23(18-7-11-27-12-8-18)22-14-17(9-13-30(22)29-24)16-32-25(31)20-2-1-10-28-15-20/h1-15H,16H2. The van der Waals surface area contributed by atoms with Crippen molar-refractivity contribution in [3.05, 3.63) is 109 Å². The van der Waals surface area contributed by atoms with Crippen molar-refractivity contribution < 1.29 is 13.9 Å². The number of rotatable bonds is 5. The Bertz CT molecular complexity index is 1380. The lowest BCUT2D eigenvalue weighted by molar-refractivity contribution is 0.0472. The number of aromatic nitrogens is 4. The molecule has 0 amide bonds. The molecule has 156 valence electrons. The molecule has 0 radical (unpaired) electrons. The van der Waals surface area contributed by atoms with Crippen LogP contribution in [0, 0.1) is 5.82 Å². The van der Waals surface area contributed by atoms with Crippen LogP contribution in [0.5, 0.6) is 0 Å². The number of hydrogen-bond acceptors (Lipinski definition) is 5. The number of esters is 1. The van der Waals surface area contributed by atoms with Crippen LogP contribution in [0.3, 0.4) is 0 Å². The maximum absolute atomic E-state index is 13.5. The second-order valence-corrected chi connectivity index (χ2v) is 7.15. The Balaban J connectivity index is 1.54. The summed E-state index contributed by atoms with van der Waals surface area (Å²) in [6, 6.07) is 17.2. The average molecular weight is 424 g/mol. The van der Waals surface area contributed by atoms with Crippen molar-refractivity contribution in [1.29, 1.82) is 0 Å². The van der Waals surface area contributed by atoms with Gasteiger partial charge in [-0.25, -0.2) is 13.7 Å². The van der Waals surface area contributed by atoms with Gasteiger partial charge < -0.3 is 4.74 Å². The van der Waals surface area contributed by atoms with Gasteiger partial charge in [-0.2, -0.15) is 5.10 Å². The Morgan fingerprint density at radius 3 is 2.50 bits per heavy atom. The van der Waals surface area contributed by atoms with Gasteiger partial charge in [0.15, 0.2) is 0 Å². The minimum atomic E-state index is -0.437. The zero-order valence-corrected chi connectivity index (χ0v) is 16.9. The van der Waals surface area contributed by atoms with Crippen molar-refractivity contribution in [3.63, 3.8) is 0 Å². The van der Waals surface area contributed by atoms with Crippen molar-refractivity contribution in [1.82, 2.24) is 19.6 Å². The zero-order chi connectivity index (χ0) is 21.9. The van der Waals surface area contributed by atoms with Crippen LogP contribution in [-0.4, -0.2) is 25.6 Å². The van der Waals surface area contributed by atoms with Crippen LogP contribution in [0.15, 0.2) is 91.6 Å². The number of pyridine rings is 3. The average Bonchev–Trinajstić information content (AvgIpc) is 3.23. The predicted octanol–water partition coefficient (Wildman–Crippen LogP) is 4.95. The van der Waals surface area contributed by atoms with Crippen LogP contribution in [0.2, 0.25) is 0 Å². The molecule has 0 saturated carbocycles. The number of ether oxygens (including phenoxy) is 1. The van der Waals surface area contributed by atoms with Gasteiger partial charge in [-0.3, -0.25) is 9.97 Å². The summed E-state index contributed by atoms with van der Waals surface area (Å²) in [5, 5.41) is 4.73. The molecule has 0 spiro atoms. The maximum atomic E-state index is 13.5. The number of carbonyl (C=O) groups excluding carboxylic acids is 1. The van der Waals surface area contributed by atoms with Crippen LogP contribution in [0.1, 0.15) is 15.9 Å². The van der Waals surface area contributed by atoms with Gasteiger partial charge >= 0.3 is 5.97 Å². The number of hydrogen-bond donors (Lipinski definition) is 0. The molecule has 0 aliphatic carbocycles. The Hall–Kier alpha value is -4.39. The number of halogens is 1. The van der Waals surface area contributed by atoms with Crippen molar-refractivity contribution in [2.45, 2.75) is 6.61 Å². The first-order valence-corrected chi connectivity index (χ1v) is 9.94. The second kappa shape index (κ2) is 8.39. The second-order valence-electron chi connectivity index (χ2n) is 7.15. The highest BCUT2D eigenvalue weighted by atomic mass is 19.1. The molecule has 0 saturated heterocycles. The molecule has 0 bridgehead atoms. The fourth-order valence-corrected chi connectivity index (χ4v) is 3.51. The molecule has 32 heavy (non-hydrogen) atoms. The normalized spacial score (nSPS) is 10.9. The van der Waals surface area contributed by atoms with Crippen molar-refractivity contribution >= 4 is 11.5 Å². The number of benzene rings is 1. The molecule has 4 heterocycles. The Morgan fingerprint density at radius 2 is 1.75 bits per heavy atom. The lowest BCUT2D eigenvalue weighted by Gasteiger charge is -2.07. The number of carbonyl (C=O) groups is 1. The number of fused-ring (bicyclic) bond motifs is 1. The minimum Gasteiger partial charge on any atom is -0.457 e. The summed E-state index contributed by atoms with van der Waals surface area (Å²) in [6.07, 6.45) is 8.32. The summed E-state index contributed by atoms with van der Waals surface area (Å²) < 4.78 is 20.7. The van der Waals surface area contributed by atoms with Crippen molar-refractivity contribution in [3.8, 4) is 22.4 Å². The van der Waals surface area contributed by atoms with Gasteiger partial charge in [0.05, 0.1) is 11.1 Å². The molecule has 6 nitrogen and oxygen atoms in total. The molecule has 0 atom stereocenters. The first-order valence-electron chi connectivity index (χ1n) is 9.94. The van der Waals surface area contributed by atoms with Gasteiger partial charge in [0.2, 0.25) is 0 Å². The summed E-state index contributed by atoms with van der Waals surface area (Å²) >= 11 is 0. The van der Waals surface area contributed by atoms with Gasteiger partial charge in [0, 0.05) is 42.1 Å². The monoisotopic (exact) mass is 424 g/mol. The molecule has 4 aromatic heterocycles. The van der Waals surface area contributed by atoms with E-state index in [0.717, 1.165) is 33.5 Å². The summed E-state index contributed by atoms with van der Waals surface area (Å²) in [5.41, 5.74) is 5.39. The van der Waals surface area contributed by atoms with E-state index in [1.165, 1.54) is 18.3 Å². The zero-order valence-electron chi connectivity index (χ0n) is 16.9. The largest absolute Gasteiger partial charge is 0.457 e. The third-order valence-electron chi connectivity index (χ3n) is 5.05. The summed E-state index contributed by atoms with van der Waals surface area (Å²) in [7, 11) is 0. The summed E-state index contributed by atoms with van der Waals surface area (Å²) in [6.45, 7) is 0.108. The van der Waals surface area contributed by atoms with E-state index in [1.54, 1.807) is 47.4 Å². The van der Waals surface area contributed by atoms with E-state index in [0.29, 0.717) is 5.56 Å². The molecule has 5 aromatic rings. The van der Waals surface area contributed by atoms with E-state index in [9.17, 15) is 9.18 Å². The van der Waals surface area contributed by atoms with Gasteiger partial charge in [-0.05, 0) is 71.8 Å². The maximum Gasteiger partial charge on any atom is 0.340 e. The quantitative estimate of drug-likeness (QED) is 0.373. The fourth-order valence-electron chi connectivity index (χ4n) is 3.51. The lowest BCUT2D eigenvalue weighted by atomic mass is 10.00. The summed E-state index contributed by atoms with van der Waals surface area (Å²) in [5.74, 6) is -0.742. The molecule has 0 N–H and O–H groups in total. The Kier molecular flexibility index (Phi) is 5.13. The van der Waals surface area contributed by atoms with Crippen LogP contribution >= 0.6 is 0 Å². The van der Waals surface area contributed by atoms with E-state index in [-0.39, 0.29) is 12.4 Å². The van der Waals surface area contributed by atoms with Gasteiger partial charge in [0.25, 0.3) is 0 Å². The van der Waals surface area contributed by atoms with Gasteiger partial charge in [-0.1, -0.05) is 0 Å². The van der Waals surface area contributed by atoms with E-state index in [2.05, 4.69) is 9.97 Å². The van der Waals surface area contributed by atoms with Crippen molar-refractivity contribution in [2.75, 3.05) is 0 Å². The number of nitrogens with zero attached hydrogens (tertiary/aromatic N) is 4. The molecule has 5 rings (SSSR count). The first kappa shape index (κ1) is 19.6. The van der Waals surface area contributed by atoms with E-state index in [1.807, 2.05) is 30.5 Å². The minimum absolute atomic E-state index is 0.108. The predicted molar refractivity (Wildman–Crippen MR) is 117 cm³/mol. The molecule has 0 fully saturated rings. The molecule has 0 unspecified atom stereocenters. The molecule has 0 aliphatic rings. The Morgan fingerprint density at radius 1 is 0.938 bits per heavy atom. The van der Waals surface area contributed by atoms with Gasteiger partial charge in [-0.15, -0.1) is 0 Å². The third kappa shape index (κ3) is 3.83. The molecular formula is C25H17FN4O2. The smallest absolute Gasteiger partial charge is 0.340 e. The molecule has 1 aromatic carbocycles. The SMILES string of the molecule is O=C(OCc1ccn2nc(-c3ccc(F)cc3)c(-c3ccncc3)c2c1)c1cccnc1. The fraction of sp³-hybridized carbons (Fsp3) is 0.0400. The van der Waals surface area contributed by atoms with E-state index in [4.69, 9.17) is 9.84 Å². The van der Waals surface area contributed by atoms with Crippen LogP contribution in [-0.2, 0) is 11.3 Å². The van der Waals surface area contributed by atoms with Crippen LogP contribution in [0.25, 0.3) is 27.9 Å². The molecule has 7 heteroatoms. The highest BCUT2D eigenvalue weighted by Gasteiger charge is 2.17. The molecule has 0 aliphatic heterocycles. The van der Waals surface area contributed by atoms with Gasteiger partial charge in [0.1, 0.15) is 18.1 Å².